The van der Waals surface area contributed by atoms with E-state index in [1.807, 2.05) is 13.0 Å². The largest absolute Gasteiger partial charge is 0.493 e. The van der Waals surface area contributed by atoms with E-state index in [1.165, 1.54) is 6.07 Å². The Morgan fingerprint density at radius 1 is 1.25 bits per heavy atom. The second-order valence-corrected chi connectivity index (χ2v) is 5.18. The molecule has 0 aliphatic carbocycles. The molecule has 0 fully saturated rings. The molecule has 0 saturated carbocycles. The van der Waals surface area contributed by atoms with Crippen molar-refractivity contribution in [3.8, 4) is 5.75 Å². The molecule has 0 aliphatic rings. The molecule has 2 rings (SSSR count). The quantitative estimate of drug-likeness (QED) is 0.756. The van der Waals surface area contributed by atoms with Crippen LogP contribution in [0.2, 0.25) is 0 Å². The summed E-state index contributed by atoms with van der Waals surface area (Å²) in [6.45, 7) is 2.33. The summed E-state index contributed by atoms with van der Waals surface area (Å²) in [4.78, 5) is 12.3. The summed E-state index contributed by atoms with van der Waals surface area (Å²) in [7, 11) is 0. The van der Waals surface area contributed by atoms with Crippen LogP contribution in [0, 0.1) is 5.82 Å². The van der Waals surface area contributed by atoms with E-state index < -0.39 is 0 Å². The van der Waals surface area contributed by atoms with Gasteiger partial charge in [0.2, 0.25) is 0 Å². The van der Waals surface area contributed by atoms with Gasteiger partial charge in [-0.2, -0.15) is 0 Å². The molecule has 0 saturated heterocycles. The Balaban J connectivity index is 2.29. The average molecular weight is 337 g/mol. The minimum absolute atomic E-state index is 0.0171. The number of halogens is 2. The van der Waals surface area contributed by atoms with Gasteiger partial charge in [-0.25, -0.2) is 4.39 Å². The summed E-state index contributed by atoms with van der Waals surface area (Å²) in [6.07, 6.45) is 0.0171. The number of ether oxygens (including phenoxy) is 1. The molecule has 0 spiro atoms. The third-order valence-corrected chi connectivity index (χ3v) is 3.34. The molecule has 0 aromatic heterocycles. The van der Waals surface area contributed by atoms with E-state index in [-0.39, 0.29) is 18.0 Å². The molecule has 0 unspecified atom stereocenters. The Labute approximate surface area is 125 Å². The van der Waals surface area contributed by atoms with Crippen molar-refractivity contribution in [1.82, 2.24) is 0 Å². The van der Waals surface area contributed by atoms with Crippen LogP contribution in [0.3, 0.4) is 0 Å². The van der Waals surface area contributed by atoms with Gasteiger partial charge in [-0.1, -0.05) is 34.1 Å². The lowest BCUT2D eigenvalue weighted by Crippen LogP contribution is -2.08. The SMILES string of the molecule is CCOc1ccc(Br)cc1C(=O)Cc1ccccc1F. The molecule has 0 radical (unpaired) electrons. The predicted molar refractivity (Wildman–Crippen MR) is 79.7 cm³/mol. The van der Waals surface area contributed by atoms with Gasteiger partial charge in [-0.05, 0) is 36.8 Å². The van der Waals surface area contributed by atoms with Crippen LogP contribution < -0.4 is 4.74 Å². The van der Waals surface area contributed by atoms with Crippen LogP contribution in [0.4, 0.5) is 4.39 Å². The minimum Gasteiger partial charge on any atom is -0.493 e. The zero-order valence-electron chi connectivity index (χ0n) is 11.0. The highest BCUT2D eigenvalue weighted by Crippen LogP contribution is 2.25. The molecule has 0 atom stereocenters. The summed E-state index contributed by atoms with van der Waals surface area (Å²) in [5, 5.41) is 0. The zero-order valence-corrected chi connectivity index (χ0v) is 12.6. The standard InChI is InChI=1S/C16H14BrFO2/c1-2-20-16-8-7-12(17)10-13(16)15(19)9-11-5-3-4-6-14(11)18/h3-8,10H,2,9H2,1H3. The Kier molecular flexibility index (Phi) is 4.90. The van der Waals surface area contributed by atoms with Gasteiger partial charge in [-0.15, -0.1) is 0 Å². The fourth-order valence-corrected chi connectivity index (χ4v) is 2.27. The van der Waals surface area contributed by atoms with Gasteiger partial charge in [0.15, 0.2) is 5.78 Å². The Morgan fingerprint density at radius 2 is 2.00 bits per heavy atom. The van der Waals surface area contributed by atoms with Gasteiger partial charge in [0.05, 0.1) is 12.2 Å². The number of carbonyl (C=O) groups is 1. The normalized spacial score (nSPS) is 10.3. The number of Topliss-reactive ketones (excluding diaryl/α,β-unsaturated/α-hetero) is 1. The molecular formula is C16H14BrFO2. The van der Waals surface area contributed by atoms with Crippen molar-refractivity contribution in [1.29, 1.82) is 0 Å². The van der Waals surface area contributed by atoms with E-state index in [1.54, 1.807) is 30.3 Å². The van der Waals surface area contributed by atoms with Crippen molar-refractivity contribution in [2.75, 3.05) is 6.61 Å². The molecule has 2 aromatic rings. The third-order valence-electron chi connectivity index (χ3n) is 2.85. The lowest BCUT2D eigenvalue weighted by atomic mass is 10.0. The molecule has 0 aliphatic heterocycles. The monoisotopic (exact) mass is 336 g/mol. The smallest absolute Gasteiger partial charge is 0.171 e. The first-order chi connectivity index (χ1) is 9.61. The molecule has 2 aromatic carbocycles. The van der Waals surface area contributed by atoms with Gasteiger partial charge in [-0.3, -0.25) is 4.79 Å². The number of carbonyl (C=O) groups excluding carboxylic acids is 1. The molecule has 0 heterocycles. The molecule has 2 nitrogen and oxygen atoms in total. The Hall–Kier alpha value is -1.68. The van der Waals surface area contributed by atoms with Crippen molar-refractivity contribution < 1.29 is 13.9 Å². The lowest BCUT2D eigenvalue weighted by molar-refractivity contribution is 0.0988. The molecule has 104 valence electrons. The lowest BCUT2D eigenvalue weighted by Gasteiger charge is -2.10. The fourth-order valence-electron chi connectivity index (χ4n) is 1.91. The Morgan fingerprint density at radius 3 is 2.70 bits per heavy atom. The predicted octanol–water partition coefficient (Wildman–Crippen LogP) is 4.41. The van der Waals surface area contributed by atoms with Gasteiger partial charge >= 0.3 is 0 Å². The van der Waals surface area contributed by atoms with Crippen molar-refractivity contribution >= 4 is 21.7 Å². The van der Waals surface area contributed by atoms with Gasteiger partial charge < -0.3 is 4.74 Å². The van der Waals surface area contributed by atoms with Gasteiger partial charge in [0, 0.05) is 10.9 Å². The maximum atomic E-state index is 13.6. The highest BCUT2D eigenvalue weighted by atomic mass is 79.9. The first kappa shape index (κ1) is 14.7. The van der Waals surface area contributed by atoms with E-state index in [9.17, 15) is 9.18 Å². The van der Waals surface area contributed by atoms with Crippen molar-refractivity contribution in [3.05, 3.63) is 63.9 Å². The maximum Gasteiger partial charge on any atom is 0.171 e. The Bertz CT molecular complexity index is 626. The first-order valence-electron chi connectivity index (χ1n) is 6.30. The number of hydrogen-bond donors (Lipinski definition) is 0. The molecular weight excluding hydrogens is 323 g/mol. The third kappa shape index (κ3) is 3.45. The summed E-state index contributed by atoms with van der Waals surface area (Å²) >= 11 is 3.33. The van der Waals surface area contributed by atoms with Crippen LogP contribution in [-0.4, -0.2) is 12.4 Å². The van der Waals surface area contributed by atoms with E-state index in [2.05, 4.69) is 15.9 Å². The zero-order chi connectivity index (χ0) is 14.5. The molecule has 0 bridgehead atoms. The number of benzene rings is 2. The van der Waals surface area contributed by atoms with E-state index in [0.29, 0.717) is 23.5 Å². The molecule has 0 N–H and O–H groups in total. The van der Waals surface area contributed by atoms with Crippen LogP contribution in [0.1, 0.15) is 22.8 Å². The minimum atomic E-state index is -0.367. The molecule has 4 heteroatoms. The van der Waals surface area contributed by atoms with Crippen molar-refractivity contribution in [3.63, 3.8) is 0 Å². The van der Waals surface area contributed by atoms with Gasteiger partial charge in [0.25, 0.3) is 0 Å². The van der Waals surface area contributed by atoms with E-state index >= 15 is 0 Å². The topological polar surface area (TPSA) is 26.3 Å². The van der Waals surface area contributed by atoms with Crippen molar-refractivity contribution in [2.45, 2.75) is 13.3 Å². The maximum absolute atomic E-state index is 13.6. The highest BCUT2D eigenvalue weighted by Gasteiger charge is 2.15. The summed E-state index contributed by atoms with van der Waals surface area (Å²) in [6, 6.07) is 11.5. The van der Waals surface area contributed by atoms with Crippen LogP contribution in [0.5, 0.6) is 5.75 Å². The first-order valence-corrected chi connectivity index (χ1v) is 7.10. The second kappa shape index (κ2) is 6.66. The fraction of sp³-hybridized carbons (Fsp3) is 0.188. The summed E-state index contributed by atoms with van der Waals surface area (Å²) in [5.74, 6) is -0.00861. The molecule has 0 amide bonds. The van der Waals surface area contributed by atoms with E-state index in [4.69, 9.17) is 4.74 Å². The van der Waals surface area contributed by atoms with Crippen molar-refractivity contribution in [2.24, 2.45) is 0 Å². The second-order valence-electron chi connectivity index (χ2n) is 4.26. The van der Waals surface area contributed by atoms with Crippen LogP contribution in [0.15, 0.2) is 46.9 Å². The summed E-state index contributed by atoms with van der Waals surface area (Å²) < 4.78 is 19.8. The molecule has 20 heavy (non-hydrogen) atoms. The van der Waals surface area contributed by atoms with E-state index in [0.717, 1.165) is 4.47 Å². The van der Waals surface area contributed by atoms with Crippen LogP contribution >= 0.6 is 15.9 Å². The van der Waals surface area contributed by atoms with Gasteiger partial charge in [0.1, 0.15) is 11.6 Å². The number of ketones is 1. The van der Waals surface area contributed by atoms with Crippen LogP contribution in [-0.2, 0) is 6.42 Å². The van der Waals surface area contributed by atoms with Crippen LogP contribution in [0.25, 0.3) is 0 Å². The summed E-state index contributed by atoms with van der Waals surface area (Å²) in [5.41, 5.74) is 0.851. The number of hydrogen-bond acceptors (Lipinski definition) is 2. The highest BCUT2D eigenvalue weighted by molar-refractivity contribution is 9.10. The average Bonchev–Trinajstić information content (AvgIpc) is 2.43. The number of rotatable bonds is 5.